The predicted molar refractivity (Wildman–Crippen MR) is 174 cm³/mol. The van der Waals surface area contributed by atoms with Crippen molar-refractivity contribution >= 4 is 56.9 Å². The van der Waals surface area contributed by atoms with Gasteiger partial charge in [-0.25, -0.2) is 0 Å². The lowest BCUT2D eigenvalue weighted by molar-refractivity contribution is -0.161. The van der Waals surface area contributed by atoms with Gasteiger partial charge in [-0.2, -0.15) is 0 Å². The van der Waals surface area contributed by atoms with Crippen LogP contribution in [0.2, 0.25) is 5.02 Å². The molecule has 3 amide bonds. The van der Waals surface area contributed by atoms with E-state index in [2.05, 4.69) is 21.2 Å². The first-order valence-electron chi connectivity index (χ1n) is 15.3. The van der Waals surface area contributed by atoms with Gasteiger partial charge in [-0.15, -0.1) is 0 Å². The molecule has 0 saturated carbocycles. The van der Waals surface area contributed by atoms with Crippen molar-refractivity contribution in [3.63, 3.8) is 0 Å². The van der Waals surface area contributed by atoms with Gasteiger partial charge in [0.2, 0.25) is 11.8 Å². The Morgan fingerprint density at radius 3 is 2.52 bits per heavy atom. The summed E-state index contributed by atoms with van der Waals surface area (Å²) < 4.78 is 13.2. The van der Waals surface area contributed by atoms with Crippen LogP contribution >= 0.6 is 27.5 Å². The molecule has 2 aromatic carbocycles. The van der Waals surface area contributed by atoms with Gasteiger partial charge in [0.25, 0.3) is 5.91 Å². The molecule has 10 nitrogen and oxygen atoms in total. The first-order chi connectivity index (χ1) is 22.1. The minimum atomic E-state index is -1.51. The highest BCUT2D eigenvalue weighted by Gasteiger charge is 2.75. The fourth-order valence-electron chi connectivity index (χ4n) is 7.24. The number of carbonyl (C=O) groups excluding carboxylic acids is 4. The van der Waals surface area contributed by atoms with Crippen molar-refractivity contribution < 1.29 is 33.8 Å². The van der Waals surface area contributed by atoms with Gasteiger partial charge in [-0.3, -0.25) is 19.2 Å². The number of allylic oxidation sites excluding steroid dienone is 1. The maximum Gasteiger partial charge on any atom is 0.313 e. The standard InChI is InChI=1S/C34H35BrClN3O7/c1-19-10-9-13-23(36)27(19)38-15-8-4-7-14-24(41)37-20(2)28(21-11-5-3-6-12-21)45-33(44)25-26-31(42)39(16-17-40)30(32(38)43)34(26)18-22(35)29(25)46-34/h3-6,8-13,18,20,25-26,28-30,40H,7,14-17H2,1-2H3,(H,37,41)/b8-4-/t20-,25+,26-,28+,29+,30+,34-/m1/s1. The maximum absolute atomic E-state index is 14.8. The van der Waals surface area contributed by atoms with E-state index in [1.54, 1.807) is 31.2 Å². The Hall–Kier alpha value is -3.51. The van der Waals surface area contributed by atoms with Gasteiger partial charge in [-0.05, 0) is 43.5 Å². The van der Waals surface area contributed by atoms with E-state index in [4.69, 9.17) is 21.1 Å². The van der Waals surface area contributed by atoms with Gasteiger partial charge in [0.1, 0.15) is 29.8 Å². The van der Waals surface area contributed by atoms with Crippen LogP contribution in [0.5, 0.6) is 0 Å². The second kappa shape index (κ2) is 12.9. The van der Waals surface area contributed by atoms with Crippen molar-refractivity contribution in [2.24, 2.45) is 11.8 Å². The summed E-state index contributed by atoms with van der Waals surface area (Å²) in [5, 5.41) is 13.3. The number of β-amino-alcohol motifs (C(OH)–C–C–N with tert-alkyl or cyclic N) is 1. The second-order valence-corrected chi connectivity index (χ2v) is 13.4. The molecule has 6 rings (SSSR count). The summed E-state index contributed by atoms with van der Waals surface area (Å²) in [6.45, 7) is 3.15. The lowest BCUT2D eigenvalue weighted by atomic mass is 9.74. The quantitative estimate of drug-likeness (QED) is 0.363. The van der Waals surface area contributed by atoms with Crippen LogP contribution in [0.3, 0.4) is 0 Å². The van der Waals surface area contributed by atoms with Crippen molar-refractivity contribution in [3.8, 4) is 0 Å². The number of anilines is 1. The number of ether oxygens (including phenoxy) is 2. The first-order valence-corrected chi connectivity index (χ1v) is 16.5. The summed E-state index contributed by atoms with van der Waals surface area (Å²) in [5.41, 5.74) is 0.372. The molecule has 5 bridgehead atoms. The number of nitrogens with one attached hydrogen (secondary N) is 1. The number of hydrogen-bond donors (Lipinski definition) is 2. The maximum atomic E-state index is 14.8. The average molecular weight is 713 g/mol. The second-order valence-electron chi connectivity index (χ2n) is 12.1. The van der Waals surface area contributed by atoms with E-state index in [-0.39, 0.29) is 25.4 Å². The van der Waals surface area contributed by atoms with Crippen molar-refractivity contribution in [1.82, 2.24) is 10.2 Å². The number of benzene rings is 2. The Bertz CT molecular complexity index is 1600. The Morgan fingerprint density at radius 1 is 1.04 bits per heavy atom. The molecule has 7 atom stereocenters. The molecule has 0 unspecified atom stereocenters. The van der Waals surface area contributed by atoms with Gasteiger partial charge in [0.05, 0.1) is 29.3 Å². The number of hydrogen-bond acceptors (Lipinski definition) is 7. The highest BCUT2D eigenvalue weighted by Crippen LogP contribution is 2.59. The number of carbonyl (C=O) groups is 4. The third kappa shape index (κ3) is 5.46. The number of para-hydroxylation sites is 1. The van der Waals surface area contributed by atoms with E-state index in [0.29, 0.717) is 27.2 Å². The Kier molecular flexibility index (Phi) is 9.13. The van der Waals surface area contributed by atoms with Gasteiger partial charge in [0.15, 0.2) is 0 Å². The number of aliphatic hydroxyl groups excluding tert-OH is 1. The molecule has 0 radical (unpaired) electrons. The van der Waals surface area contributed by atoms with E-state index in [1.165, 1.54) is 9.80 Å². The normalized spacial score (nSPS) is 32.2. The molecule has 2 N–H and O–H groups in total. The molecular weight excluding hydrogens is 678 g/mol. The summed E-state index contributed by atoms with van der Waals surface area (Å²) in [6, 6.07) is 12.6. The Morgan fingerprint density at radius 2 is 1.80 bits per heavy atom. The fraction of sp³-hybridized carbons (Fsp3) is 0.412. The van der Waals surface area contributed by atoms with Crippen molar-refractivity contribution in [3.05, 3.63) is 87.4 Å². The zero-order valence-electron chi connectivity index (χ0n) is 25.4. The molecule has 46 heavy (non-hydrogen) atoms. The monoisotopic (exact) mass is 711 g/mol. The van der Waals surface area contributed by atoms with E-state index in [1.807, 2.05) is 49.4 Å². The van der Waals surface area contributed by atoms with Crippen LogP contribution in [0.1, 0.15) is 37.0 Å². The summed E-state index contributed by atoms with van der Waals surface area (Å²) in [7, 11) is 0. The number of aryl methyl sites for hydroxylation is 1. The van der Waals surface area contributed by atoms with Gasteiger partial charge < -0.3 is 29.7 Å². The molecule has 12 heteroatoms. The highest BCUT2D eigenvalue weighted by molar-refractivity contribution is 9.11. The molecule has 1 spiro atoms. The lowest BCUT2D eigenvalue weighted by Crippen LogP contribution is -2.56. The smallest absolute Gasteiger partial charge is 0.313 e. The molecule has 0 aromatic heterocycles. The van der Waals surface area contributed by atoms with Crippen LogP contribution in [0.4, 0.5) is 5.69 Å². The third-order valence-corrected chi connectivity index (χ3v) is 10.2. The Labute approximate surface area is 280 Å². The number of aliphatic hydroxyl groups is 1. The minimum Gasteiger partial charge on any atom is -0.455 e. The number of amides is 3. The zero-order valence-corrected chi connectivity index (χ0v) is 27.7. The molecule has 4 aliphatic heterocycles. The number of esters is 1. The van der Waals surface area contributed by atoms with Gasteiger partial charge in [0, 0.05) is 24.0 Å². The fourth-order valence-corrected chi connectivity index (χ4v) is 8.30. The lowest BCUT2D eigenvalue weighted by Gasteiger charge is -2.36. The van der Waals surface area contributed by atoms with Crippen LogP contribution in [0.15, 0.2) is 71.2 Å². The van der Waals surface area contributed by atoms with Crippen LogP contribution in [-0.4, -0.2) is 77.2 Å². The third-order valence-electron chi connectivity index (χ3n) is 9.20. The first kappa shape index (κ1) is 32.4. The van der Waals surface area contributed by atoms with Crippen LogP contribution in [-0.2, 0) is 28.7 Å². The highest BCUT2D eigenvalue weighted by atomic mass is 79.9. The van der Waals surface area contributed by atoms with E-state index >= 15 is 0 Å². The van der Waals surface area contributed by atoms with E-state index < -0.39 is 66.1 Å². The van der Waals surface area contributed by atoms with Crippen LogP contribution in [0, 0.1) is 18.8 Å². The summed E-state index contributed by atoms with van der Waals surface area (Å²) in [6.07, 6.45) is 4.16. The number of fused-ring (bicyclic) bond motifs is 2. The van der Waals surface area contributed by atoms with E-state index in [9.17, 15) is 24.3 Å². The van der Waals surface area contributed by atoms with Gasteiger partial charge in [-0.1, -0.05) is 82.1 Å². The molecular formula is C34H35BrClN3O7. The molecule has 242 valence electrons. The number of cyclic esters (lactones) is 1. The van der Waals surface area contributed by atoms with Crippen LogP contribution < -0.4 is 10.2 Å². The molecule has 4 aliphatic rings. The largest absolute Gasteiger partial charge is 0.455 e. The molecule has 2 saturated heterocycles. The van der Waals surface area contributed by atoms with Crippen LogP contribution in [0.25, 0.3) is 0 Å². The number of rotatable bonds is 4. The molecule has 0 aliphatic carbocycles. The number of likely N-dealkylation sites (tertiary alicyclic amines) is 1. The predicted octanol–water partition coefficient (Wildman–Crippen LogP) is 3.99. The molecule has 2 fully saturated rings. The molecule has 4 heterocycles. The Balaban J connectivity index is 1.48. The number of nitrogens with zero attached hydrogens (tertiary/aromatic N) is 2. The molecule has 2 aromatic rings. The number of halogens is 2. The zero-order chi connectivity index (χ0) is 32.7. The summed E-state index contributed by atoms with van der Waals surface area (Å²) in [5.74, 6) is -4.06. The average Bonchev–Trinajstić information content (AvgIpc) is 3.61. The van der Waals surface area contributed by atoms with Crippen molar-refractivity contribution in [2.75, 3.05) is 24.6 Å². The topological polar surface area (TPSA) is 125 Å². The van der Waals surface area contributed by atoms with Crippen molar-refractivity contribution in [1.29, 1.82) is 0 Å². The van der Waals surface area contributed by atoms with E-state index in [0.717, 1.165) is 5.56 Å². The summed E-state index contributed by atoms with van der Waals surface area (Å²) >= 11 is 10.2. The van der Waals surface area contributed by atoms with Crippen molar-refractivity contribution in [2.45, 2.75) is 56.6 Å². The summed E-state index contributed by atoms with van der Waals surface area (Å²) in [4.78, 5) is 59.1. The SMILES string of the molecule is Cc1cccc(Cl)c1N1C/C=C\CCC(=O)N[C@H](C)[C@@H](c2ccccc2)OC(=O)[C@@H]2[C@H]3O[C@@]4(C=C3Br)[C@H](C1=O)N(CCO)C(=O)[C@@H]24. The van der Waals surface area contributed by atoms with Gasteiger partial charge >= 0.3 is 5.97 Å². The minimum absolute atomic E-state index is 0.0930.